The number of hydrogen-bond donors (Lipinski definition) is 1. The summed E-state index contributed by atoms with van der Waals surface area (Å²) in [6.45, 7) is 3.11. The van der Waals surface area contributed by atoms with Crippen LogP contribution in [0.25, 0.3) is 0 Å². The standard InChI is InChI=1S/C24H27N3O3S/c1-17-7-5-6-10-20(17)22(28)25-19-11-13-26(14-12-19)24(30)21-15-31-16-27(21)23(29)18-8-3-2-4-9-18/h2-10,19,21H,11-16H2,1H3,(H,25,28). The molecule has 4 rings (SSSR count). The molecule has 31 heavy (non-hydrogen) atoms. The zero-order valence-corrected chi connectivity index (χ0v) is 18.4. The van der Waals surface area contributed by atoms with Gasteiger partial charge in [0.1, 0.15) is 6.04 Å². The maximum atomic E-state index is 13.2. The lowest BCUT2D eigenvalue weighted by Gasteiger charge is -2.35. The Hall–Kier alpha value is -2.80. The van der Waals surface area contributed by atoms with Gasteiger partial charge in [-0.15, -0.1) is 11.8 Å². The Morgan fingerprint density at radius 1 is 0.968 bits per heavy atom. The third-order valence-electron chi connectivity index (χ3n) is 5.98. The molecule has 1 unspecified atom stereocenters. The lowest BCUT2D eigenvalue weighted by molar-refractivity contribution is -0.136. The second-order valence-electron chi connectivity index (χ2n) is 8.04. The Morgan fingerprint density at radius 2 is 1.65 bits per heavy atom. The van der Waals surface area contributed by atoms with Gasteiger partial charge in [0, 0.05) is 36.0 Å². The molecule has 2 heterocycles. The quantitative estimate of drug-likeness (QED) is 0.799. The van der Waals surface area contributed by atoms with Gasteiger partial charge in [-0.25, -0.2) is 0 Å². The summed E-state index contributed by atoms with van der Waals surface area (Å²) < 4.78 is 0. The molecule has 7 heteroatoms. The van der Waals surface area contributed by atoms with E-state index in [2.05, 4.69) is 5.32 Å². The van der Waals surface area contributed by atoms with Gasteiger partial charge in [0.15, 0.2) is 0 Å². The van der Waals surface area contributed by atoms with Gasteiger partial charge >= 0.3 is 0 Å². The summed E-state index contributed by atoms with van der Waals surface area (Å²) in [5, 5.41) is 3.11. The van der Waals surface area contributed by atoms with Crippen molar-refractivity contribution in [3.05, 3.63) is 71.3 Å². The fraction of sp³-hybridized carbons (Fsp3) is 0.375. The van der Waals surface area contributed by atoms with Crippen LogP contribution in [-0.4, -0.2) is 64.3 Å². The van der Waals surface area contributed by atoms with E-state index in [9.17, 15) is 14.4 Å². The highest BCUT2D eigenvalue weighted by Crippen LogP contribution is 2.26. The molecule has 162 valence electrons. The maximum absolute atomic E-state index is 13.2. The largest absolute Gasteiger partial charge is 0.349 e. The highest BCUT2D eigenvalue weighted by atomic mass is 32.2. The molecule has 1 N–H and O–H groups in total. The fourth-order valence-electron chi connectivity index (χ4n) is 4.14. The molecular weight excluding hydrogens is 410 g/mol. The van der Waals surface area contributed by atoms with Crippen molar-refractivity contribution < 1.29 is 14.4 Å². The van der Waals surface area contributed by atoms with Gasteiger partial charge in [0.2, 0.25) is 5.91 Å². The van der Waals surface area contributed by atoms with Crippen LogP contribution < -0.4 is 5.32 Å². The van der Waals surface area contributed by atoms with Crippen molar-refractivity contribution in [2.75, 3.05) is 24.7 Å². The van der Waals surface area contributed by atoms with Crippen molar-refractivity contribution in [1.82, 2.24) is 15.1 Å². The van der Waals surface area contributed by atoms with E-state index in [0.717, 1.165) is 18.4 Å². The molecular formula is C24H27N3O3S. The molecule has 2 aromatic rings. The molecule has 2 fully saturated rings. The fourth-order valence-corrected chi connectivity index (χ4v) is 5.28. The normalized spacial score (nSPS) is 19.3. The van der Waals surface area contributed by atoms with Crippen LogP contribution >= 0.6 is 11.8 Å². The van der Waals surface area contributed by atoms with Gasteiger partial charge in [-0.3, -0.25) is 14.4 Å². The lowest BCUT2D eigenvalue weighted by atomic mass is 10.0. The third-order valence-corrected chi connectivity index (χ3v) is 6.99. The number of rotatable bonds is 4. The van der Waals surface area contributed by atoms with E-state index in [-0.39, 0.29) is 23.8 Å². The predicted octanol–water partition coefficient (Wildman–Crippen LogP) is 2.93. The maximum Gasteiger partial charge on any atom is 0.255 e. The molecule has 0 saturated carbocycles. The van der Waals surface area contributed by atoms with Crippen LogP contribution in [0.4, 0.5) is 0 Å². The van der Waals surface area contributed by atoms with Crippen LogP contribution in [0.2, 0.25) is 0 Å². The average molecular weight is 438 g/mol. The Labute approximate surface area is 187 Å². The zero-order valence-electron chi connectivity index (χ0n) is 17.6. The summed E-state index contributed by atoms with van der Waals surface area (Å²) in [5.74, 6) is 1.02. The summed E-state index contributed by atoms with van der Waals surface area (Å²) in [4.78, 5) is 42.2. The number of nitrogens with zero attached hydrogens (tertiary/aromatic N) is 2. The predicted molar refractivity (Wildman–Crippen MR) is 122 cm³/mol. The minimum absolute atomic E-state index is 0.0120. The van der Waals surface area contributed by atoms with Crippen LogP contribution in [0.1, 0.15) is 39.1 Å². The second kappa shape index (κ2) is 9.56. The van der Waals surface area contributed by atoms with E-state index >= 15 is 0 Å². The number of benzene rings is 2. The molecule has 1 atom stereocenters. The summed E-state index contributed by atoms with van der Waals surface area (Å²) in [5.41, 5.74) is 2.26. The third kappa shape index (κ3) is 4.77. The second-order valence-corrected chi connectivity index (χ2v) is 9.04. The first-order valence-electron chi connectivity index (χ1n) is 10.6. The molecule has 0 spiro atoms. The van der Waals surface area contributed by atoms with Crippen LogP contribution in [0.15, 0.2) is 54.6 Å². The van der Waals surface area contributed by atoms with Crippen molar-refractivity contribution in [3.63, 3.8) is 0 Å². The Morgan fingerprint density at radius 3 is 2.35 bits per heavy atom. The molecule has 0 aliphatic carbocycles. The molecule has 2 aliphatic heterocycles. The smallest absolute Gasteiger partial charge is 0.255 e. The number of hydrogen-bond acceptors (Lipinski definition) is 4. The van der Waals surface area contributed by atoms with Gasteiger partial charge in [0.25, 0.3) is 11.8 Å². The molecule has 0 bridgehead atoms. The van der Waals surface area contributed by atoms with Gasteiger partial charge in [-0.1, -0.05) is 36.4 Å². The topological polar surface area (TPSA) is 69.7 Å². The van der Waals surface area contributed by atoms with E-state index in [1.807, 2.05) is 54.3 Å². The Balaban J connectivity index is 1.33. The first-order valence-corrected chi connectivity index (χ1v) is 11.8. The summed E-state index contributed by atoms with van der Waals surface area (Å²) >= 11 is 1.61. The molecule has 0 radical (unpaired) electrons. The first kappa shape index (κ1) is 21.4. The summed E-state index contributed by atoms with van der Waals surface area (Å²) in [6, 6.07) is 16.3. The molecule has 6 nitrogen and oxygen atoms in total. The van der Waals surface area contributed by atoms with E-state index in [1.165, 1.54) is 0 Å². The van der Waals surface area contributed by atoms with Crippen molar-refractivity contribution in [2.24, 2.45) is 0 Å². The summed E-state index contributed by atoms with van der Waals surface area (Å²) in [7, 11) is 0. The number of piperidine rings is 1. The molecule has 2 aromatic carbocycles. The molecule has 0 aromatic heterocycles. The van der Waals surface area contributed by atoms with Crippen LogP contribution in [0, 0.1) is 6.92 Å². The minimum Gasteiger partial charge on any atom is -0.349 e. The van der Waals surface area contributed by atoms with E-state index in [0.29, 0.717) is 35.8 Å². The van der Waals surface area contributed by atoms with Crippen molar-refractivity contribution in [2.45, 2.75) is 31.8 Å². The van der Waals surface area contributed by atoms with Crippen molar-refractivity contribution in [1.29, 1.82) is 0 Å². The molecule has 3 amide bonds. The average Bonchev–Trinajstić information content (AvgIpc) is 3.29. The van der Waals surface area contributed by atoms with Crippen molar-refractivity contribution in [3.8, 4) is 0 Å². The van der Waals surface area contributed by atoms with Gasteiger partial charge in [-0.05, 0) is 43.5 Å². The highest BCUT2D eigenvalue weighted by Gasteiger charge is 2.38. The number of carbonyl (C=O) groups excluding carboxylic acids is 3. The highest BCUT2D eigenvalue weighted by molar-refractivity contribution is 7.99. The number of thioether (sulfide) groups is 1. The Kier molecular flexibility index (Phi) is 6.61. The van der Waals surface area contributed by atoms with Crippen LogP contribution in [0.3, 0.4) is 0 Å². The Bertz CT molecular complexity index is 958. The lowest BCUT2D eigenvalue weighted by Crippen LogP contribution is -2.53. The van der Waals surface area contributed by atoms with Crippen LogP contribution in [-0.2, 0) is 4.79 Å². The molecule has 2 saturated heterocycles. The van der Waals surface area contributed by atoms with Gasteiger partial charge < -0.3 is 15.1 Å². The number of amides is 3. The number of aryl methyl sites for hydroxylation is 1. The minimum atomic E-state index is -0.421. The van der Waals surface area contributed by atoms with Gasteiger partial charge in [-0.2, -0.15) is 0 Å². The number of likely N-dealkylation sites (tertiary alicyclic amines) is 1. The van der Waals surface area contributed by atoms with Crippen LogP contribution in [0.5, 0.6) is 0 Å². The monoisotopic (exact) mass is 437 g/mol. The van der Waals surface area contributed by atoms with Gasteiger partial charge in [0.05, 0.1) is 5.88 Å². The number of nitrogens with one attached hydrogen (secondary N) is 1. The number of carbonyl (C=O) groups is 3. The molecule has 2 aliphatic rings. The SMILES string of the molecule is Cc1ccccc1C(=O)NC1CCN(C(=O)C2CSCN2C(=O)c2ccccc2)CC1. The van der Waals surface area contributed by atoms with Crippen molar-refractivity contribution >= 4 is 29.5 Å². The van der Waals surface area contributed by atoms with E-state index < -0.39 is 6.04 Å². The van der Waals surface area contributed by atoms with E-state index in [4.69, 9.17) is 0 Å². The summed E-state index contributed by atoms with van der Waals surface area (Å²) in [6.07, 6.45) is 1.44. The zero-order chi connectivity index (χ0) is 21.8. The first-order chi connectivity index (χ1) is 15.0. The van der Waals surface area contributed by atoms with E-state index in [1.54, 1.807) is 28.8 Å².